The van der Waals surface area contributed by atoms with Gasteiger partial charge in [0.05, 0.1) is 12.5 Å². The minimum Gasteiger partial charge on any atom is -0.492 e. The predicted octanol–water partition coefficient (Wildman–Crippen LogP) is 2.38. The number of carbonyl (C=O) groups is 2. The van der Waals surface area contributed by atoms with Gasteiger partial charge in [0, 0.05) is 5.56 Å². The monoisotopic (exact) mass is 313 g/mol. The molecule has 2 aromatic carbocycles. The minimum absolute atomic E-state index is 0.109. The van der Waals surface area contributed by atoms with E-state index in [0.717, 1.165) is 11.3 Å². The second-order valence-corrected chi connectivity index (χ2v) is 5.47. The van der Waals surface area contributed by atoms with Gasteiger partial charge in [-0.2, -0.15) is 0 Å². The molecule has 1 heterocycles. The van der Waals surface area contributed by atoms with Gasteiger partial charge in [-0.3, -0.25) is 9.59 Å². The molecule has 0 spiro atoms. The van der Waals surface area contributed by atoms with Gasteiger partial charge in [0.1, 0.15) is 18.2 Å². The van der Waals surface area contributed by atoms with E-state index in [1.807, 2.05) is 24.3 Å². The number of benzene rings is 2. The molecule has 4 nitrogen and oxygen atoms in total. The highest BCUT2D eigenvalue weighted by Gasteiger charge is 2.25. The van der Waals surface area contributed by atoms with Crippen LogP contribution in [0.15, 0.2) is 48.5 Å². The summed E-state index contributed by atoms with van der Waals surface area (Å²) < 4.78 is 18.4. The van der Waals surface area contributed by atoms with Crippen LogP contribution >= 0.6 is 0 Å². The highest BCUT2D eigenvalue weighted by Crippen LogP contribution is 2.26. The van der Waals surface area contributed by atoms with Gasteiger partial charge in [-0.1, -0.05) is 18.2 Å². The van der Waals surface area contributed by atoms with Gasteiger partial charge in [-0.05, 0) is 42.3 Å². The molecule has 5 heteroatoms. The predicted molar refractivity (Wildman–Crippen MR) is 82.9 cm³/mol. The van der Waals surface area contributed by atoms with Crippen molar-refractivity contribution in [3.05, 3.63) is 65.5 Å². The van der Waals surface area contributed by atoms with Crippen LogP contribution in [-0.4, -0.2) is 24.8 Å². The molecule has 1 unspecified atom stereocenters. The summed E-state index contributed by atoms with van der Waals surface area (Å²) >= 11 is 0. The first kappa shape index (κ1) is 15.2. The van der Waals surface area contributed by atoms with Crippen LogP contribution in [0.1, 0.15) is 15.9 Å². The van der Waals surface area contributed by atoms with Gasteiger partial charge >= 0.3 is 0 Å². The van der Waals surface area contributed by atoms with E-state index in [2.05, 4.69) is 5.32 Å². The number of ether oxygens (including phenoxy) is 1. The molecule has 0 fully saturated rings. The maximum absolute atomic E-state index is 12.8. The average molecular weight is 313 g/mol. The zero-order chi connectivity index (χ0) is 16.2. The van der Waals surface area contributed by atoms with Crippen LogP contribution in [0.25, 0.3) is 0 Å². The van der Waals surface area contributed by atoms with Gasteiger partial charge in [0.2, 0.25) is 5.91 Å². The highest BCUT2D eigenvalue weighted by atomic mass is 19.1. The van der Waals surface area contributed by atoms with Crippen LogP contribution in [-0.2, 0) is 11.2 Å². The van der Waals surface area contributed by atoms with E-state index in [-0.39, 0.29) is 24.2 Å². The second kappa shape index (κ2) is 6.60. The van der Waals surface area contributed by atoms with Crippen LogP contribution < -0.4 is 10.1 Å². The molecule has 1 aliphatic rings. The van der Waals surface area contributed by atoms with E-state index in [0.29, 0.717) is 18.6 Å². The Morgan fingerprint density at radius 3 is 2.65 bits per heavy atom. The lowest BCUT2D eigenvalue weighted by Crippen LogP contribution is -2.39. The molecular formula is C18H16FNO3. The zero-order valence-electron chi connectivity index (χ0n) is 12.4. The van der Waals surface area contributed by atoms with Crippen molar-refractivity contribution < 1.29 is 18.7 Å². The standard InChI is InChI=1S/C18H16FNO3/c19-15-7-5-12(6-8-15)16(21)10-20-18(22)14-9-13-3-1-2-4-17(13)23-11-14/h1-8,14H,9-11H2,(H,20,22). The summed E-state index contributed by atoms with van der Waals surface area (Å²) in [5.74, 6) is -0.376. The first-order chi connectivity index (χ1) is 11.1. The fraction of sp³-hybridized carbons (Fsp3) is 0.222. The van der Waals surface area contributed by atoms with E-state index in [1.165, 1.54) is 24.3 Å². The Kier molecular flexibility index (Phi) is 4.37. The molecule has 0 saturated heterocycles. The van der Waals surface area contributed by atoms with E-state index < -0.39 is 5.82 Å². The van der Waals surface area contributed by atoms with Gasteiger partial charge in [-0.15, -0.1) is 0 Å². The minimum atomic E-state index is -0.399. The third-order valence-corrected chi connectivity index (χ3v) is 3.84. The number of amides is 1. The largest absolute Gasteiger partial charge is 0.492 e. The van der Waals surface area contributed by atoms with Gasteiger partial charge < -0.3 is 10.1 Å². The van der Waals surface area contributed by atoms with Gasteiger partial charge in [-0.25, -0.2) is 4.39 Å². The number of para-hydroxylation sites is 1. The van der Waals surface area contributed by atoms with E-state index in [1.54, 1.807) is 0 Å². The summed E-state index contributed by atoms with van der Waals surface area (Å²) in [5.41, 5.74) is 1.36. The summed E-state index contributed by atoms with van der Waals surface area (Å²) in [7, 11) is 0. The molecule has 1 aliphatic heterocycles. The first-order valence-electron chi connectivity index (χ1n) is 7.40. The number of Topliss-reactive ketones (excluding diaryl/α,β-unsaturated/α-hetero) is 1. The second-order valence-electron chi connectivity index (χ2n) is 5.47. The van der Waals surface area contributed by atoms with Crippen molar-refractivity contribution in [2.45, 2.75) is 6.42 Å². The highest BCUT2D eigenvalue weighted by molar-refractivity contribution is 5.99. The molecule has 0 aliphatic carbocycles. The van der Waals surface area contributed by atoms with Gasteiger partial charge in [0.25, 0.3) is 0 Å². The Bertz CT molecular complexity index is 727. The first-order valence-corrected chi connectivity index (χ1v) is 7.40. The lowest BCUT2D eigenvalue weighted by atomic mass is 9.96. The molecule has 23 heavy (non-hydrogen) atoms. The normalized spacial score (nSPS) is 16.1. The van der Waals surface area contributed by atoms with Crippen molar-refractivity contribution in [2.24, 2.45) is 5.92 Å². The third kappa shape index (κ3) is 3.56. The number of nitrogens with one attached hydrogen (secondary N) is 1. The van der Waals surface area contributed by atoms with E-state index >= 15 is 0 Å². The van der Waals surface area contributed by atoms with Crippen molar-refractivity contribution >= 4 is 11.7 Å². The lowest BCUT2D eigenvalue weighted by molar-refractivity contribution is -0.126. The fourth-order valence-electron chi connectivity index (χ4n) is 2.55. The van der Waals surface area contributed by atoms with E-state index in [4.69, 9.17) is 4.74 Å². The summed E-state index contributed by atoms with van der Waals surface area (Å²) in [6.45, 7) is 0.191. The summed E-state index contributed by atoms with van der Waals surface area (Å²) in [4.78, 5) is 24.2. The quantitative estimate of drug-likeness (QED) is 0.882. The zero-order valence-corrected chi connectivity index (χ0v) is 12.4. The average Bonchev–Trinajstić information content (AvgIpc) is 2.59. The summed E-state index contributed by atoms with van der Waals surface area (Å²) in [5, 5.41) is 2.63. The van der Waals surface area contributed by atoms with Crippen LogP contribution in [0, 0.1) is 11.7 Å². The Hall–Kier alpha value is -2.69. The van der Waals surface area contributed by atoms with Crippen LogP contribution in [0.2, 0.25) is 0 Å². The topological polar surface area (TPSA) is 55.4 Å². The number of carbonyl (C=O) groups excluding carboxylic acids is 2. The maximum atomic E-state index is 12.8. The molecule has 1 atom stereocenters. The van der Waals surface area contributed by atoms with Crippen molar-refractivity contribution in [1.29, 1.82) is 0 Å². The molecule has 118 valence electrons. The number of hydrogen-bond acceptors (Lipinski definition) is 3. The Balaban J connectivity index is 1.56. The van der Waals surface area contributed by atoms with Crippen LogP contribution in [0.5, 0.6) is 5.75 Å². The summed E-state index contributed by atoms with van der Waals surface area (Å²) in [6, 6.07) is 12.9. The molecule has 0 aromatic heterocycles. The number of halogens is 1. The summed E-state index contributed by atoms with van der Waals surface area (Å²) in [6.07, 6.45) is 0.590. The molecule has 0 saturated carbocycles. The van der Waals surface area contributed by atoms with Crippen molar-refractivity contribution in [2.75, 3.05) is 13.2 Å². The molecule has 3 rings (SSSR count). The van der Waals surface area contributed by atoms with Crippen LogP contribution in [0.4, 0.5) is 4.39 Å². The smallest absolute Gasteiger partial charge is 0.227 e. The maximum Gasteiger partial charge on any atom is 0.227 e. The molecule has 0 bridgehead atoms. The molecule has 1 amide bonds. The Morgan fingerprint density at radius 1 is 1.13 bits per heavy atom. The van der Waals surface area contributed by atoms with Crippen molar-refractivity contribution in [3.8, 4) is 5.75 Å². The number of fused-ring (bicyclic) bond motifs is 1. The van der Waals surface area contributed by atoms with Crippen LogP contribution in [0.3, 0.4) is 0 Å². The Morgan fingerprint density at radius 2 is 1.87 bits per heavy atom. The van der Waals surface area contributed by atoms with E-state index in [9.17, 15) is 14.0 Å². The SMILES string of the molecule is O=C(CNC(=O)C1COc2ccccc2C1)c1ccc(F)cc1. The van der Waals surface area contributed by atoms with Gasteiger partial charge in [0.15, 0.2) is 5.78 Å². The number of hydrogen-bond donors (Lipinski definition) is 1. The van der Waals surface area contributed by atoms with Crippen molar-refractivity contribution in [1.82, 2.24) is 5.32 Å². The van der Waals surface area contributed by atoms with Crippen molar-refractivity contribution in [3.63, 3.8) is 0 Å². The molecule has 1 N–H and O–H groups in total. The number of ketones is 1. The fourth-order valence-corrected chi connectivity index (χ4v) is 2.55. The molecule has 2 aromatic rings. The third-order valence-electron chi connectivity index (χ3n) is 3.84. The lowest BCUT2D eigenvalue weighted by Gasteiger charge is -2.24. The molecular weight excluding hydrogens is 297 g/mol. The Labute approximate surface area is 133 Å². The molecule has 0 radical (unpaired) electrons. The number of rotatable bonds is 4.